The summed E-state index contributed by atoms with van der Waals surface area (Å²) in [7, 11) is 1.58. The van der Waals surface area contributed by atoms with Crippen LogP contribution in [0, 0.1) is 0 Å². The maximum Gasteiger partial charge on any atom is 0.204 e. The van der Waals surface area contributed by atoms with Gasteiger partial charge in [0.05, 0.1) is 25.9 Å². The van der Waals surface area contributed by atoms with Crippen molar-refractivity contribution in [1.82, 2.24) is 5.16 Å². The Bertz CT molecular complexity index is 594. The number of ether oxygens (including phenoxy) is 3. The van der Waals surface area contributed by atoms with Gasteiger partial charge in [0.1, 0.15) is 0 Å². The summed E-state index contributed by atoms with van der Waals surface area (Å²) in [6.07, 6.45) is 0.836. The van der Waals surface area contributed by atoms with Crippen LogP contribution in [0.1, 0.15) is 6.42 Å². The van der Waals surface area contributed by atoms with Crippen LogP contribution in [0.3, 0.4) is 0 Å². The van der Waals surface area contributed by atoms with E-state index in [4.69, 9.17) is 24.5 Å². The van der Waals surface area contributed by atoms with Gasteiger partial charge in [-0.25, -0.2) is 0 Å². The summed E-state index contributed by atoms with van der Waals surface area (Å²) in [6, 6.07) is 5.31. The Labute approximate surface area is 110 Å². The first-order valence-electron chi connectivity index (χ1n) is 5.98. The number of hydrogen-bond acceptors (Lipinski definition) is 6. The number of hydrogen-bond donors (Lipinski definition) is 1. The monoisotopic (exact) mass is 262 g/mol. The highest BCUT2D eigenvalue weighted by atomic mass is 16.5. The molecule has 0 unspecified atom stereocenters. The van der Waals surface area contributed by atoms with Gasteiger partial charge in [-0.3, -0.25) is 0 Å². The van der Waals surface area contributed by atoms with E-state index in [2.05, 4.69) is 5.16 Å². The van der Waals surface area contributed by atoms with E-state index in [-0.39, 0.29) is 0 Å². The van der Waals surface area contributed by atoms with E-state index in [0.29, 0.717) is 42.0 Å². The van der Waals surface area contributed by atoms with Crippen molar-refractivity contribution in [2.75, 3.05) is 26.1 Å². The van der Waals surface area contributed by atoms with Crippen molar-refractivity contribution in [3.63, 3.8) is 0 Å². The smallest absolute Gasteiger partial charge is 0.204 e. The van der Waals surface area contributed by atoms with Crippen LogP contribution in [-0.4, -0.2) is 25.5 Å². The van der Waals surface area contributed by atoms with Crippen molar-refractivity contribution in [1.29, 1.82) is 0 Å². The number of anilines is 1. The molecule has 0 aliphatic carbocycles. The number of aromatic nitrogens is 1. The molecule has 6 heteroatoms. The highest BCUT2D eigenvalue weighted by Gasteiger charge is 2.22. The van der Waals surface area contributed by atoms with Crippen LogP contribution in [0.2, 0.25) is 0 Å². The standard InChI is InChI=1S/C13H14N2O4/c1-16-12-8(10-7-11(14)15-19-10)3-4-9-13(12)18-6-2-5-17-9/h3-4,7H,2,5-6H2,1H3,(H2,14,15). The van der Waals surface area contributed by atoms with Crippen molar-refractivity contribution in [3.8, 4) is 28.6 Å². The largest absolute Gasteiger partial charge is 0.492 e. The van der Waals surface area contributed by atoms with Gasteiger partial charge in [-0.2, -0.15) is 0 Å². The van der Waals surface area contributed by atoms with Crippen molar-refractivity contribution in [3.05, 3.63) is 18.2 Å². The molecule has 0 saturated carbocycles. The van der Waals surface area contributed by atoms with Gasteiger partial charge in [0.15, 0.2) is 23.1 Å². The van der Waals surface area contributed by atoms with Crippen LogP contribution in [0.25, 0.3) is 11.3 Å². The van der Waals surface area contributed by atoms with Gasteiger partial charge in [-0.15, -0.1) is 0 Å². The molecule has 1 aliphatic heterocycles. The molecule has 0 bridgehead atoms. The predicted octanol–water partition coefficient (Wildman–Crippen LogP) is 2.09. The zero-order valence-electron chi connectivity index (χ0n) is 10.5. The fourth-order valence-electron chi connectivity index (χ4n) is 2.02. The predicted molar refractivity (Wildman–Crippen MR) is 68.5 cm³/mol. The number of benzene rings is 1. The third-order valence-electron chi connectivity index (χ3n) is 2.87. The SMILES string of the molecule is COc1c(-c2cc(N)no2)ccc2c1OCCCO2. The molecule has 2 aromatic rings. The summed E-state index contributed by atoms with van der Waals surface area (Å²) >= 11 is 0. The molecule has 1 aromatic carbocycles. The van der Waals surface area contributed by atoms with E-state index in [1.807, 2.05) is 12.1 Å². The Kier molecular flexibility index (Phi) is 2.91. The van der Waals surface area contributed by atoms with Gasteiger partial charge in [-0.05, 0) is 12.1 Å². The van der Waals surface area contributed by atoms with Gasteiger partial charge in [0.2, 0.25) is 5.75 Å². The molecule has 2 heterocycles. The summed E-state index contributed by atoms with van der Waals surface area (Å²) < 4.78 is 21.9. The second-order valence-electron chi connectivity index (χ2n) is 4.14. The van der Waals surface area contributed by atoms with Crippen LogP contribution in [-0.2, 0) is 0 Å². The molecule has 3 rings (SSSR count). The van der Waals surface area contributed by atoms with E-state index in [1.54, 1.807) is 13.2 Å². The van der Waals surface area contributed by atoms with Gasteiger partial charge in [0, 0.05) is 12.5 Å². The second-order valence-corrected chi connectivity index (χ2v) is 4.14. The summed E-state index contributed by atoms with van der Waals surface area (Å²) in [6.45, 7) is 1.22. The minimum atomic E-state index is 0.323. The quantitative estimate of drug-likeness (QED) is 0.892. The zero-order chi connectivity index (χ0) is 13.2. The van der Waals surface area contributed by atoms with Crippen LogP contribution >= 0.6 is 0 Å². The van der Waals surface area contributed by atoms with Crippen molar-refractivity contribution in [2.45, 2.75) is 6.42 Å². The molecule has 0 fully saturated rings. The van der Waals surface area contributed by atoms with Crippen molar-refractivity contribution < 1.29 is 18.7 Å². The minimum absolute atomic E-state index is 0.323. The molecule has 19 heavy (non-hydrogen) atoms. The number of nitrogen functional groups attached to an aromatic ring is 1. The lowest BCUT2D eigenvalue weighted by Gasteiger charge is -2.14. The molecule has 1 aliphatic rings. The molecule has 0 spiro atoms. The highest BCUT2D eigenvalue weighted by molar-refractivity contribution is 5.74. The molecule has 100 valence electrons. The average Bonchev–Trinajstić information content (AvgIpc) is 2.71. The third-order valence-corrected chi connectivity index (χ3v) is 2.87. The van der Waals surface area contributed by atoms with E-state index in [0.717, 1.165) is 12.0 Å². The third kappa shape index (κ3) is 2.05. The maximum atomic E-state index is 5.70. The maximum absolute atomic E-state index is 5.70. The first kappa shape index (κ1) is 11.7. The van der Waals surface area contributed by atoms with Gasteiger partial charge in [0.25, 0.3) is 0 Å². The van der Waals surface area contributed by atoms with Gasteiger partial charge >= 0.3 is 0 Å². The fourth-order valence-corrected chi connectivity index (χ4v) is 2.02. The average molecular weight is 262 g/mol. The first-order chi connectivity index (χ1) is 9.29. The summed E-state index contributed by atoms with van der Waals surface area (Å²) in [5, 5.41) is 3.67. The number of rotatable bonds is 2. The lowest BCUT2D eigenvalue weighted by molar-refractivity contribution is 0.289. The molecule has 0 atom stereocenters. The van der Waals surface area contributed by atoms with Crippen LogP contribution in [0.4, 0.5) is 5.82 Å². The highest BCUT2D eigenvalue weighted by Crippen LogP contribution is 2.45. The van der Waals surface area contributed by atoms with E-state index in [1.165, 1.54) is 0 Å². The zero-order valence-corrected chi connectivity index (χ0v) is 10.5. The molecular weight excluding hydrogens is 248 g/mol. The fraction of sp³-hybridized carbons (Fsp3) is 0.308. The molecule has 0 amide bonds. The molecule has 2 N–H and O–H groups in total. The molecule has 1 aromatic heterocycles. The van der Waals surface area contributed by atoms with Crippen molar-refractivity contribution >= 4 is 5.82 Å². The molecule has 0 saturated heterocycles. The summed E-state index contributed by atoms with van der Waals surface area (Å²) in [4.78, 5) is 0. The Morgan fingerprint density at radius 2 is 2.11 bits per heavy atom. The number of methoxy groups -OCH3 is 1. The van der Waals surface area contributed by atoms with Crippen LogP contribution in [0.15, 0.2) is 22.7 Å². The van der Waals surface area contributed by atoms with Gasteiger partial charge < -0.3 is 24.5 Å². The Balaban J connectivity index is 2.13. The Hall–Kier alpha value is -2.37. The van der Waals surface area contributed by atoms with E-state index in [9.17, 15) is 0 Å². The van der Waals surface area contributed by atoms with Gasteiger partial charge in [-0.1, -0.05) is 5.16 Å². The Morgan fingerprint density at radius 1 is 1.26 bits per heavy atom. The first-order valence-corrected chi connectivity index (χ1v) is 5.98. The Morgan fingerprint density at radius 3 is 2.84 bits per heavy atom. The molecule has 0 radical (unpaired) electrons. The summed E-state index contributed by atoms with van der Waals surface area (Å²) in [5.41, 5.74) is 6.30. The number of nitrogens with zero attached hydrogens (tertiary/aromatic N) is 1. The molecule has 6 nitrogen and oxygen atoms in total. The number of nitrogens with two attached hydrogens (primary N) is 1. The lowest BCUT2D eigenvalue weighted by Crippen LogP contribution is -1.98. The minimum Gasteiger partial charge on any atom is -0.492 e. The topological polar surface area (TPSA) is 79.7 Å². The normalized spacial score (nSPS) is 13.9. The van der Waals surface area contributed by atoms with Crippen LogP contribution in [0.5, 0.6) is 17.2 Å². The second kappa shape index (κ2) is 4.72. The van der Waals surface area contributed by atoms with Crippen molar-refractivity contribution in [2.24, 2.45) is 0 Å². The molecular formula is C13H14N2O4. The number of fused-ring (bicyclic) bond motifs is 1. The lowest BCUT2D eigenvalue weighted by atomic mass is 10.1. The van der Waals surface area contributed by atoms with E-state index < -0.39 is 0 Å². The van der Waals surface area contributed by atoms with Crippen LogP contribution < -0.4 is 19.9 Å². The summed E-state index contributed by atoms with van der Waals surface area (Å²) in [5.74, 6) is 2.68. The van der Waals surface area contributed by atoms with E-state index >= 15 is 0 Å².